The van der Waals surface area contributed by atoms with Crippen molar-refractivity contribution in [2.75, 3.05) is 12.9 Å². The third-order valence-corrected chi connectivity index (χ3v) is 3.77. The van der Waals surface area contributed by atoms with Gasteiger partial charge in [-0.3, -0.25) is 4.84 Å². The third kappa shape index (κ3) is 0.758. The molecule has 1 aliphatic heterocycles. The Morgan fingerprint density at radius 3 is 2.60 bits per heavy atom. The molecule has 3 nitrogen and oxygen atoms in total. The van der Waals surface area contributed by atoms with E-state index < -0.39 is 11.0 Å². The van der Waals surface area contributed by atoms with E-state index in [1.165, 1.54) is 0 Å². The molecule has 1 atom stereocenters. The van der Waals surface area contributed by atoms with Gasteiger partial charge in [-0.1, -0.05) is 4.47 Å². The number of hydrogen-bond donors (Lipinski definition) is 0. The summed E-state index contributed by atoms with van der Waals surface area (Å²) >= 11 is 0. The van der Waals surface area contributed by atoms with E-state index in [1.54, 1.807) is 11.6 Å². The van der Waals surface area contributed by atoms with Crippen LogP contribution in [0.5, 0.6) is 0 Å². The second-order valence-electron chi connectivity index (χ2n) is 2.94. The monoisotopic (exact) mass is 161 g/mol. The van der Waals surface area contributed by atoms with E-state index in [0.717, 1.165) is 25.0 Å². The summed E-state index contributed by atoms with van der Waals surface area (Å²) in [6, 6.07) is 0. The maximum absolute atomic E-state index is 11.2. The molecule has 1 saturated carbocycles. The zero-order chi connectivity index (χ0) is 7.19. The van der Waals surface area contributed by atoms with Crippen molar-refractivity contribution in [3.05, 3.63) is 0 Å². The molecule has 2 fully saturated rings. The van der Waals surface area contributed by atoms with Crippen LogP contribution in [0.2, 0.25) is 0 Å². The Hall–Kier alpha value is 0.0700. The molecule has 1 aliphatic carbocycles. The fourth-order valence-electron chi connectivity index (χ4n) is 1.52. The predicted molar refractivity (Wildman–Crippen MR) is 38.4 cm³/mol. The van der Waals surface area contributed by atoms with Crippen molar-refractivity contribution in [1.29, 1.82) is 0 Å². The van der Waals surface area contributed by atoms with E-state index in [9.17, 15) is 4.21 Å². The molecule has 0 amide bonds. The molecule has 58 valence electrons. The van der Waals surface area contributed by atoms with Crippen LogP contribution in [-0.4, -0.2) is 27.1 Å². The first-order valence-corrected chi connectivity index (χ1v) is 4.79. The van der Waals surface area contributed by atoms with Gasteiger partial charge in [0.2, 0.25) is 0 Å². The van der Waals surface area contributed by atoms with Gasteiger partial charge in [0.05, 0.1) is 12.6 Å². The highest BCUT2D eigenvalue weighted by atomic mass is 32.2. The lowest BCUT2D eigenvalue weighted by atomic mass is 10.2. The fraction of sp³-hybridized carbons (Fsp3) is 1.00. The minimum atomic E-state index is -0.856. The summed E-state index contributed by atoms with van der Waals surface area (Å²) in [7, 11) is 0.744. The predicted octanol–water partition coefficient (Wildman–Crippen LogP) is 0.450. The normalized spacial score (nSPS) is 37.1. The molecule has 2 rings (SSSR count). The Morgan fingerprint density at radius 1 is 1.50 bits per heavy atom. The van der Waals surface area contributed by atoms with Crippen LogP contribution < -0.4 is 0 Å². The topological polar surface area (TPSA) is 29.5 Å². The molecular formula is C6H11NO2S. The van der Waals surface area contributed by atoms with E-state index in [4.69, 9.17) is 4.84 Å². The van der Waals surface area contributed by atoms with Crippen molar-refractivity contribution in [1.82, 2.24) is 4.47 Å². The molecule has 0 radical (unpaired) electrons. The molecule has 0 aromatic carbocycles. The fourth-order valence-corrected chi connectivity index (χ4v) is 3.11. The quantitative estimate of drug-likeness (QED) is 0.559. The van der Waals surface area contributed by atoms with Crippen molar-refractivity contribution < 1.29 is 9.05 Å². The molecule has 2 aliphatic rings. The van der Waals surface area contributed by atoms with Gasteiger partial charge >= 0.3 is 0 Å². The lowest BCUT2D eigenvalue weighted by Gasteiger charge is -2.17. The summed E-state index contributed by atoms with van der Waals surface area (Å²) in [5, 5.41) is 0. The Balaban J connectivity index is 2.17. The second-order valence-corrected chi connectivity index (χ2v) is 4.32. The molecule has 0 aromatic rings. The summed E-state index contributed by atoms with van der Waals surface area (Å²) in [6.07, 6.45) is 3.37. The highest BCUT2D eigenvalue weighted by Crippen LogP contribution is 2.49. The largest absolute Gasteiger partial charge is 0.289 e. The maximum atomic E-state index is 11.2. The van der Waals surface area contributed by atoms with Gasteiger partial charge in [-0.15, -0.1) is 0 Å². The van der Waals surface area contributed by atoms with Crippen LogP contribution in [-0.2, 0) is 15.8 Å². The summed E-state index contributed by atoms with van der Waals surface area (Å²) in [5.74, 6) is 0.786. The number of nitrogens with zero attached hydrogens (tertiary/aromatic N) is 1. The Bertz CT molecular complexity index is 179. The lowest BCUT2D eigenvalue weighted by Crippen LogP contribution is -2.30. The molecule has 1 spiro atoms. The standard InChI is InChI=1S/C6H11NO2S/c1-9-7-6(2-3-6)4-5-10(7)8/h2-5H2,1H3. The molecule has 1 unspecified atom stereocenters. The molecule has 0 bridgehead atoms. The smallest absolute Gasteiger partial charge is 0.119 e. The average Bonchev–Trinajstić information content (AvgIpc) is 2.60. The van der Waals surface area contributed by atoms with Crippen LogP contribution >= 0.6 is 0 Å². The molecular weight excluding hydrogens is 150 g/mol. The SMILES string of the molecule is CON1S(=O)CCC12CC2. The minimum absolute atomic E-state index is 0.194. The second kappa shape index (κ2) is 2.03. The van der Waals surface area contributed by atoms with Crippen LogP contribution in [0.3, 0.4) is 0 Å². The molecule has 1 heterocycles. The molecule has 0 N–H and O–H groups in total. The Labute approximate surface area is 62.9 Å². The maximum Gasteiger partial charge on any atom is 0.119 e. The summed E-state index contributed by atoms with van der Waals surface area (Å²) in [4.78, 5) is 5.03. The third-order valence-electron chi connectivity index (χ3n) is 2.31. The van der Waals surface area contributed by atoms with Crippen molar-refractivity contribution in [3.63, 3.8) is 0 Å². The van der Waals surface area contributed by atoms with E-state index in [0.29, 0.717) is 0 Å². The zero-order valence-corrected chi connectivity index (χ0v) is 6.82. The van der Waals surface area contributed by atoms with Gasteiger partial charge in [-0.05, 0) is 19.3 Å². The van der Waals surface area contributed by atoms with Crippen molar-refractivity contribution in [3.8, 4) is 0 Å². The number of hydroxylamine groups is 1. The van der Waals surface area contributed by atoms with Gasteiger partial charge in [0.25, 0.3) is 0 Å². The molecule has 1 saturated heterocycles. The summed E-state index contributed by atoms with van der Waals surface area (Å²) in [5.41, 5.74) is 0.194. The van der Waals surface area contributed by atoms with Gasteiger partial charge < -0.3 is 0 Å². The summed E-state index contributed by atoms with van der Waals surface area (Å²) < 4.78 is 12.8. The van der Waals surface area contributed by atoms with E-state index in [2.05, 4.69) is 0 Å². The van der Waals surface area contributed by atoms with Gasteiger partial charge in [-0.25, -0.2) is 4.21 Å². The van der Waals surface area contributed by atoms with Crippen LogP contribution in [0.4, 0.5) is 0 Å². The first-order chi connectivity index (χ1) is 4.78. The van der Waals surface area contributed by atoms with E-state index in [1.807, 2.05) is 0 Å². The van der Waals surface area contributed by atoms with Crippen molar-refractivity contribution >= 4 is 11.0 Å². The van der Waals surface area contributed by atoms with Gasteiger partial charge in [0.15, 0.2) is 0 Å². The van der Waals surface area contributed by atoms with Crippen LogP contribution in [0.25, 0.3) is 0 Å². The van der Waals surface area contributed by atoms with E-state index in [-0.39, 0.29) is 5.54 Å². The van der Waals surface area contributed by atoms with Crippen molar-refractivity contribution in [2.24, 2.45) is 0 Å². The molecule has 4 heteroatoms. The number of hydrogen-bond acceptors (Lipinski definition) is 2. The minimum Gasteiger partial charge on any atom is -0.289 e. The van der Waals surface area contributed by atoms with E-state index >= 15 is 0 Å². The highest BCUT2D eigenvalue weighted by molar-refractivity contribution is 7.82. The summed E-state index contributed by atoms with van der Waals surface area (Å²) in [6.45, 7) is 0. The zero-order valence-electron chi connectivity index (χ0n) is 6.00. The number of rotatable bonds is 1. The molecule has 10 heavy (non-hydrogen) atoms. The molecule has 0 aromatic heterocycles. The van der Waals surface area contributed by atoms with Crippen molar-refractivity contribution in [2.45, 2.75) is 24.8 Å². The van der Waals surface area contributed by atoms with Crippen LogP contribution in [0.1, 0.15) is 19.3 Å². The van der Waals surface area contributed by atoms with Gasteiger partial charge in [-0.2, -0.15) is 0 Å². The average molecular weight is 161 g/mol. The Morgan fingerprint density at radius 2 is 2.20 bits per heavy atom. The van der Waals surface area contributed by atoms with Crippen LogP contribution in [0, 0.1) is 0 Å². The van der Waals surface area contributed by atoms with Crippen LogP contribution in [0.15, 0.2) is 0 Å². The Kier molecular flexibility index (Phi) is 1.37. The first kappa shape index (κ1) is 6.76. The lowest BCUT2D eigenvalue weighted by molar-refractivity contribution is -0.0780. The highest BCUT2D eigenvalue weighted by Gasteiger charge is 2.55. The first-order valence-electron chi connectivity index (χ1n) is 3.51. The van der Waals surface area contributed by atoms with Gasteiger partial charge in [0.1, 0.15) is 11.0 Å². The van der Waals surface area contributed by atoms with Gasteiger partial charge in [0, 0.05) is 5.75 Å².